The van der Waals surface area contributed by atoms with Gasteiger partial charge in [-0.3, -0.25) is 4.79 Å². The van der Waals surface area contributed by atoms with Crippen molar-refractivity contribution in [3.05, 3.63) is 36.2 Å². The van der Waals surface area contributed by atoms with E-state index in [9.17, 15) is 4.79 Å². The number of hydrogen-bond donors (Lipinski definition) is 1. The van der Waals surface area contributed by atoms with Crippen LogP contribution in [0.15, 0.2) is 24.3 Å². The van der Waals surface area contributed by atoms with Crippen LogP contribution in [0.3, 0.4) is 0 Å². The van der Waals surface area contributed by atoms with Crippen molar-refractivity contribution in [3.63, 3.8) is 0 Å². The first-order valence-electron chi connectivity index (χ1n) is 3.58. The Balaban J connectivity index is 2.41. The Labute approximate surface area is 65.2 Å². The highest BCUT2D eigenvalue weighted by Crippen LogP contribution is 2.20. The molecular weight excluding hydrogens is 138 g/mol. The lowest BCUT2D eigenvalue weighted by Crippen LogP contribution is -2.19. The maximum atomic E-state index is 10.9. The molecule has 0 saturated heterocycles. The topological polar surface area (TPSA) is 29.1 Å². The molecule has 0 saturated carbocycles. The second-order valence-corrected chi connectivity index (χ2v) is 2.55. The molecule has 11 heavy (non-hydrogen) atoms. The first kappa shape index (κ1) is 6.40. The van der Waals surface area contributed by atoms with Crippen LogP contribution in [0, 0.1) is 6.42 Å². The Kier molecular flexibility index (Phi) is 1.39. The number of benzene rings is 1. The van der Waals surface area contributed by atoms with E-state index in [4.69, 9.17) is 0 Å². The second-order valence-electron chi connectivity index (χ2n) is 2.55. The minimum absolute atomic E-state index is 0.00343. The fourth-order valence-corrected chi connectivity index (χ4v) is 1.21. The number of anilines is 1. The van der Waals surface area contributed by atoms with Crippen LogP contribution in [0.25, 0.3) is 0 Å². The molecule has 0 atom stereocenters. The van der Waals surface area contributed by atoms with E-state index in [2.05, 4.69) is 5.32 Å². The molecule has 1 aromatic rings. The number of carbonyl (C=O) groups excluding carboxylic acids is 1. The molecule has 1 aliphatic rings. The van der Waals surface area contributed by atoms with Gasteiger partial charge in [0.25, 0.3) is 0 Å². The number of fused-ring (bicyclic) bond motifs is 1. The van der Waals surface area contributed by atoms with Gasteiger partial charge < -0.3 is 5.32 Å². The van der Waals surface area contributed by atoms with Crippen LogP contribution in [0.2, 0.25) is 0 Å². The SMILES string of the molecule is O=C1[CH]Cc2ccccc2N1. The highest BCUT2D eigenvalue weighted by atomic mass is 16.1. The predicted molar refractivity (Wildman–Crippen MR) is 43.1 cm³/mol. The zero-order valence-electron chi connectivity index (χ0n) is 6.00. The summed E-state index contributed by atoms with van der Waals surface area (Å²) in [6.07, 6.45) is 2.41. The van der Waals surface area contributed by atoms with E-state index in [1.165, 1.54) is 5.56 Å². The molecule has 0 unspecified atom stereocenters. The van der Waals surface area contributed by atoms with Gasteiger partial charge in [0.1, 0.15) is 0 Å². The molecule has 0 fully saturated rings. The number of rotatable bonds is 0. The molecule has 2 rings (SSSR count). The average molecular weight is 146 g/mol. The Morgan fingerprint density at radius 1 is 1.27 bits per heavy atom. The summed E-state index contributed by atoms with van der Waals surface area (Å²) < 4.78 is 0. The van der Waals surface area contributed by atoms with Crippen LogP contribution in [0.4, 0.5) is 5.69 Å². The van der Waals surface area contributed by atoms with Gasteiger partial charge in [-0.15, -0.1) is 0 Å². The minimum Gasteiger partial charge on any atom is -0.326 e. The minimum atomic E-state index is 0.00343. The van der Waals surface area contributed by atoms with Crippen LogP contribution >= 0.6 is 0 Å². The van der Waals surface area contributed by atoms with Crippen molar-refractivity contribution >= 4 is 11.6 Å². The highest BCUT2D eigenvalue weighted by Gasteiger charge is 2.12. The third-order valence-corrected chi connectivity index (χ3v) is 1.78. The smallest absolute Gasteiger partial charge is 0.228 e. The van der Waals surface area contributed by atoms with Crippen LogP contribution in [-0.4, -0.2) is 5.91 Å². The van der Waals surface area contributed by atoms with Crippen LogP contribution in [-0.2, 0) is 11.2 Å². The third kappa shape index (κ3) is 1.11. The van der Waals surface area contributed by atoms with Gasteiger partial charge in [0.05, 0.1) is 6.42 Å². The molecule has 2 nitrogen and oxygen atoms in total. The van der Waals surface area contributed by atoms with Crippen molar-refractivity contribution in [2.75, 3.05) is 5.32 Å². The summed E-state index contributed by atoms with van der Waals surface area (Å²) >= 11 is 0. The van der Waals surface area contributed by atoms with Gasteiger partial charge >= 0.3 is 0 Å². The van der Waals surface area contributed by atoms with Crippen molar-refractivity contribution in [1.29, 1.82) is 0 Å². The molecule has 2 heteroatoms. The summed E-state index contributed by atoms with van der Waals surface area (Å²) in [6.45, 7) is 0. The molecule has 1 radical (unpaired) electrons. The van der Waals surface area contributed by atoms with Crippen LogP contribution in [0.5, 0.6) is 0 Å². The summed E-state index contributed by atoms with van der Waals surface area (Å²) in [5.41, 5.74) is 2.13. The summed E-state index contributed by atoms with van der Waals surface area (Å²) in [4.78, 5) is 10.9. The number of carbonyl (C=O) groups is 1. The fourth-order valence-electron chi connectivity index (χ4n) is 1.21. The summed E-state index contributed by atoms with van der Waals surface area (Å²) in [7, 11) is 0. The normalized spacial score (nSPS) is 15.5. The van der Waals surface area contributed by atoms with Crippen molar-refractivity contribution < 1.29 is 4.79 Å². The highest BCUT2D eigenvalue weighted by molar-refractivity contribution is 6.00. The zero-order chi connectivity index (χ0) is 7.68. The van der Waals surface area contributed by atoms with E-state index in [1.807, 2.05) is 24.3 Å². The largest absolute Gasteiger partial charge is 0.326 e. The molecule has 1 heterocycles. The van der Waals surface area contributed by atoms with Gasteiger partial charge in [-0.2, -0.15) is 0 Å². The van der Waals surface area contributed by atoms with Crippen molar-refractivity contribution in [1.82, 2.24) is 0 Å². The Morgan fingerprint density at radius 3 is 3.00 bits per heavy atom. The van der Waals surface area contributed by atoms with Crippen molar-refractivity contribution in [3.8, 4) is 0 Å². The Hall–Kier alpha value is -1.31. The van der Waals surface area contributed by atoms with E-state index in [0.29, 0.717) is 0 Å². The number of nitrogens with one attached hydrogen (secondary N) is 1. The average Bonchev–Trinajstić information content (AvgIpc) is 2.04. The summed E-state index contributed by atoms with van der Waals surface area (Å²) in [6, 6.07) is 7.83. The maximum Gasteiger partial charge on any atom is 0.228 e. The van der Waals surface area contributed by atoms with E-state index in [0.717, 1.165) is 12.1 Å². The molecule has 1 aliphatic heterocycles. The first-order valence-corrected chi connectivity index (χ1v) is 3.58. The molecule has 0 aromatic heterocycles. The molecular formula is C9H8NO. The number of para-hydroxylation sites is 1. The third-order valence-electron chi connectivity index (χ3n) is 1.78. The lowest BCUT2D eigenvalue weighted by Gasteiger charge is -2.15. The summed E-state index contributed by atoms with van der Waals surface area (Å²) in [5.74, 6) is 0.00343. The van der Waals surface area contributed by atoms with E-state index in [-0.39, 0.29) is 5.91 Å². The fraction of sp³-hybridized carbons (Fsp3) is 0.111. The van der Waals surface area contributed by atoms with Gasteiger partial charge in [-0.25, -0.2) is 0 Å². The Morgan fingerprint density at radius 2 is 2.09 bits per heavy atom. The first-order chi connectivity index (χ1) is 5.36. The van der Waals surface area contributed by atoms with Gasteiger partial charge in [0.2, 0.25) is 5.91 Å². The lowest BCUT2D eigenvalue weighted by atomic mass is 10.0. The Bertz CT molecular complexity index is 293. The van der Waals surface area contributed by atoms with E-state index in [1.54, 1.807) is 6.42 Å². The molecule has 55 valence electrons. The molecule has 0 bridgehead atoms. The van der Waals surface area contributed by atoms with E-state index >= 15 is 0 Å². The molecule has 1 aromatic carbocycles. The van der Waals surface area contributed by atoms with Gasteiger partial charge in [-0.1, -0.05) is 18.2 Å². The van der Waals surface area contributed by atoms with Gasteiger partial charge in [-0.05, 0) is 18.1 Å². The molecule has 0 spiro atoms. The van der Waals surface area contributed by atoms with Crippen molar-refractivity contribution in [2.45, 2.75) is 6.42 Å². The molecule has 0 aliphatic carbocycles. The second kappa shape index (κ2) is 2.38. The lowest BCUT2D eigenvalue weighted by molar-refractivity contribution is -0.113. The summed E-state index contributed by atoms with van der Waals surface area (Å²) in [5, 5.41) is 2.77. The van der Waals surface area contributed by atoms with Crippen LogP contribution in [0.1, 0.15) is 5.56 Å². The molecule has 1 amide bonds. The standard InChI is InChI=1S/C9H8NO/c11-9-6-5-7-3-1-2-4-8(7)10-9/h1-4,6H,5H2,(H,10,11). The van der Waals surface area contributed by atoms with Crippen molar-refractivity contribution in [2.24, 2.45) is 0 Å². The number of amides is 1. The maximum absolute atomic E-state index is 10.9. The monoisotopic (exact) mass is 146 g/mol. The van der Waals surface area contributed by atoms with Gasteiger partial charge in [0.15, 0.2) is 0 Å². The van der Waals surface area contributed by atoms with Crippen LogP contribution < -0.4 is 5.32 Å². The predicted octanol–water partition coefficient (Wildman–Crippen LogP) is 1.39. The van der Waals surface area contributed by atoms with E-state index < -0.39 is 0 Å². The molecule has 1 N–H and O–H groups in total. The number of hydrogen-bond acceptors (Lipinski definition) is 1. The van der Waals surface area contributed by atoms with Gasteiger partial charge in [0, 0.05) is 5.69 Å². The quantitative estimate of drug-likeness (QED) is 0.588. The zero-order valence-corrected chi connectivity index (χ0v) is 6.00.